The van der Waals surface area contributed by atoms with Crippen molar-refractivity contribution in [2.45, 2.75) is 84.5 Å². The molecule has 31 heavy (non-hydrogen) atoms. The number of carbonyl (C=O) groups is 2. The summed E-state index contributed by atoms with van der Waals surface area (Å²) in [6.07, 6.45) is 8.51. The maximum atomic E-state index is 12.3. The Balaban J connectivity index is 2.18. The van der Waals surface area contributed by atoms with Crippen LogP contribution in [0.5, 0.6) is 0 Å². The molecule has 0 aliphatic heterocycles. The van der Waals surface area contributed by atoms with Crippen LogP contribution in [0.15, 0.2) is 42.5 Å². The van der Waals surface area contributed by atoms with Crippen molar-refractivity contribution < 1.29 is 24.2 Å². The molecule has 0 saturated carbocycles. The number of nitrogens with zero attached hydrogens (tertiary/aromatic N) is 1. The van der Waals surface area contributed by atoms with Crippen LogP contribution in [-0.2, 0) is 20.9 Å². The fourth-order valence-corrected chi connectivity index (χ4v) is 3.02. The van der Waals surface area contributed by atoms with Gasteiger partial charge in [-0.15, -0.1) is 0 Å². The SMILES string of the molecule is C[C@@H](CCCC=CCCCC(=O)OCc1ccccc1)N(CCO)C(=O)OC(C)(C)C. The van der Waals surface area contributed by atoms with Crippen LogP contribution in [0.25, 0.3) is 0 Å². The molecule has 1 aromatic carbocycles. The summed E-state index contributed by atoms with van der Waals surface area (Å²) in [5, 5.41) is 9.26. The Morgan fingerprint density at radius 2 is 1.74 bits per heavy atom. The summed E-state index contributed by atoms with van der Waals surface area (Å²) >= 11 is 0. The molecule has 1 amide bonds. The van der Waals surface area contributed by atoms with Gasteiger partial charge in [-0.25, -0.2) is 4.79 Å². The molecule has 1 rings (SSSR count). The molecule has 0 aliphatic carbocycles. The summed E-state index contributed by atoms with van der Waals surface area (Å²) in [5.74, 6) is -0.169. The van der Waals surface area contributed by atoms with Gasteiger partial charge in [0.1, 0.15) is 12.2 Å². The number of aliphatic hydroxyl groups excluding tert-OH is 1. The van der Waals surface area contributed by atoms with E-state index in [-0.39, 0.29) is 31.3 Å². The zero-order valence-corrected chi connectivity index (χ0v) is 19.5. The highest BCUT2D eigenvalue weighted by atomic mass is 16.6. The maximum absolute atomic E-state index is 12.3. The fourth-order valence-electron chi connectivity index (χ4n) is 3.02. The van der Waals surface area contributed by atoms with Gasteiger partial charge in [-0.3, -0.25) is 4.79 Å². The molecule has 0 fully saturated rings. The zero-order valence-electron chi connectivity index (χ0n) is 19.5. The van der Waals surface area contributed by atoms with Crippen molar-refractivity contribution in [3.8, 4) is 0 Å². The number of hydrogen-bond acceptors (Lipinski definition) is 5. The molecular weight excluding hydrogens is 394 g/mol. The van der Waals surface area contributed by atoms with Gasteiger partial charge in [0, 0.05) is 19.0 Å². The van der Waals surface area contributed by atoms with E-state index in [1.54, 1.807) is 4.90 Å². The maximum Gasteiger partial charge on any atom is 0.410 e. The quantitative estimate of drug-likeness (QED) is 0.261. The lowest BCUT2D eigenvalue weighted by Crippen LogP contribution is -2.43. The van der Waals surface area contributed by atoms with Crippen LogP contribution in [0.2, 0.25) is 0 Å². The second-order valence-corrected chi connectivity index (χ2v) is 8.69. The molecule has 0 unspecified atom stereocenters. The number of allylic oxidation sites excluding steroid dienone is 2. The summed E-state index contributed by atoms with van der Waals surface area (Å²) in [7, 11) is 0. The van der Waals surface area contributed by atoms with Crippen molar-refractivity contribution in [3.05, 3.63) is 48.0 Å². The Hall–Kier alpha value is -2.34. The molecule has 0 heterocycles. The molecule has 0 bridgehead atoms. The molecule has 0 aliphatic rings. The molecule has 1 N–H and O–H groups in total. The van der Waals surface area contributed by atoms with Gasteiger partial charge in [0.2, 0.25) is 0 Å². The van der Waals surface area contributed by atoms with Crippen LogP contribution in [0.4, 0.5) is 4.79 Å². The number of amides is 1. The first-order valence-corrected chi connectivity index (χ1v) is 11.2. The van der Waals surface area contributed by atoms with Crippen LogP contribution in [-0.4, -0.2) is 46.9 Å². The number of esters is 1. The minimum absolute atomic E-state index is 0.00483. The van der Waals surface area contributed by atoms with Crippen molar-refractivity contribution in [2.24, 2.45) is 0 Å². The lowest BCUT2D eigenvalue weighted by Gasteiger charge is -2.31. The van der Waals surface area contributed by atoms with E-state index in [0.717, 1.165) is 37.7 Å². The first-order valence-electron chi connectivity index (χ1n) is 11.2. The molecule has 0 aromatic heterocycles. The van der Waals surface area contributed by atoms with E-state index in [4.69, 9.17) is 9.47 Å². The molecule has 174 valence electrons. The predicted octanol–water partition coefficient (Wildman–Crippen LogP) is 5.24. The van der Waals surface area contributed by atoms with Crippen molar-refractivity contribution in [1.82, 2.24) is 4.90 Å². The molecule has 1 aromatic rings. The van der Waals surface area contributed by atoms with Gasteiger partial charge in [0.25, 0.3) is 0 Å². The number of ether oxygens (including phenoxy) is 2. The fraction of sp³-hybridized carbons (Fsp3) is 0.600. The third-order valence-corrected chi connectivity index (χ3v) is 4.65. The number of aliphatic hydroxyl groups is 1. The minimum Gasteiger partial charge on any atom is -0.461 e. The summed E-state index contributed by atoms with van der Waals surface area (Å²) in [6, 6.07) is 9.66. The Labute approximate surface area is 187 Å². The van der Waals surface area contributed by atoms with Crippen molar-refractivity contribution in [2.75, 3.05) is 13.2 Å². The molecule has 0 spiro atoms. The van der Waals surface area contributed by atoms with Crippen molar-refractivity contribution in [1.29, 1.82) is 0 Å². The third kappa shape index (κ3) is 12.8. The Bertz CT molecular complexity index is 666. The zero-order chi connectivity index (χ0) is 23.1. The summed E-state index contributed by atoms with van der Waals surface area (Å²) < 4.78 is 10.7. The number of hydrogen-bond donors (Lipinski definition) is 1. The minimum atomic E-state index is -0.554. The highest BCUT2D eigenvalue weighted by molar-refractivity contribution is 5.69. The van der Waals surface area contributed by atoms with Crippen LogP contribution < -0.4 is 0 Å². The van der Waals surface area contributed by atoms with Gasteiger partial charge in [-0.2, -0.15) is 0 Å². The smallest absolute Gasteiger partial charge is 0.410 e. The number of carbonyl (C=O) groups excluding carboxylic acids is 2. The highest BCUT2D eigenvalue weighted by Crippen LogP contribution is 2.15. The van der Waals surface area contributed by atoms with Crippen molar-refractivity contribution >= 4 is 12.1 Å². The first kappa shape index (κ1) is 26.7. The Kier molecular flexibility index (Phi) is 12.6. The van der Waals surface area contributed by atoms with E-state index in [9.17, 15) is 14.7 Å². The summed E-state index contributed by atoms with van der Waals surface area (Å²) in [5.41, 5.74) is 0.440. The van der Waals surface area contributed by atoms with Crippen LogP contribution in [0.1, 0.15) is 71.8 Å². The first-order chi connectivity index (χ1) is 14.7. The standard InChI is InChI=1S/C25H39NO5/c1-21(26(18-19-27)24(29)31-25(2,3)4)14-10-7-5-6-8-13-17-23(28)30-20-22-15-11-9-12-16-22/h5-6,9,11-12,15-16,21,27H,7-8,10,13-14,17-20H2,1-4H3/t21-/m0/s1. The van der Waals surface area contributed by atoms with E-state index in [2.05, 4.69) is 12.2 Å². The average molecular weight is 434 g/mol. The van der Waals surface area contributed by atoms with Gasteiger partial charge in [0.15, 0.2) is 0 Å². The predicted molar refractivity (Wildman–Crippen MR) is 123 cm³/mol. The number of rotatable bonds is 13. The third-order valence-electron chi connectivity index (χ3n) is 4.65. The van der Waals surface area contributed by atoms with E-state index in [0.29, 0.717) is 13.0 Å². The van der Waals surface area contributed by atoms with E-state index in [1.807, 2.05) is 58.0 Å². The topological polar surface area (TPSA) is 76.1 Å². The van der Waals surface area contributed by atoms with Crippen LogP contribution in [0, 0.1) is 0 Å². The highest BCUT2D eigenvalue weighted by Gasteiger charge is 2.25. The normalized spacial score (nSPS) is 12.5. The van der Waals surface area contributed by atoms with Gasteiger partial charge in [-0.05, 0) is 65.4 Å². The van der Waals surface area contributed by atoms with Gasteiger partial charge < -0.3 is 19.5 Å². The van der Waals surface area contributed by atoms with E-state index < -0.39 is 5.60 Å². The molecular formula is C25H39NO5. The number of unbranched alkanes of at least 4 members (excludes halogenated alkanes) is 2. The number of benzene rings is 1. The monoisotopic (exact) mass is 433 g/mol. The van der Waals surface area contributed by atoms with Crippen LogP contribution in [0.3, 0.4) is 0 Å². The summed E-state index contributed by atoms with van der Waals surface area (Å²) in [4.78, 5) is 25.7. The lowest BCUT2D eigenvalue weighted by molar-refractivity contribution is -0.145. The Morgan fingerprint density at radius 1 is 1.10 bits per heavy atom. The largest absolute Gasteiger partial charge is 0.461 e. The second kappa shape index (κ2) is 14.6. The Morgan fingerprint density at radius 3 is 2.35 bits per heavy atom. The van der Waals surface area contributed by atoms with Crippen LogP contribution >= 0.6 is 0 Å². The van der Waals surface area contributed by atoms with E-state index >= 15 is 0 Å². The lowest BCUT2D eigenvalue weighted by atomic mass is 10.1. The van der Waals surface area contributed by atoms with Gasteiger partial charge >= 0.3 is 12.1 Å². The second-order valence-electron chi connectivity index (χ2n) is 8.69. The van der Waals surface area contributed by atoms with E-state index in [1.165, 1.54) is 0 Å². The molecule has 6 nitrogen and oxygen atoms in total. The molecule has 0 radical (unpaired) electrons. The van der Waals surface area contributed by atoms with Crippen molar-refractivity contribution in [3.63, 3.8) is 0 Å². The average Bonchev–Trinajstić information content (AvgIpc) is 2.71. The molecule has 0 saturated heterocycles. The molecule has 6 heteroatoms. The van der Waals surface area contributed by atoms with Gasteiger partial charge in [0.05, 0.1) is 6.61 Å². The summed E-state index contributed by atoms with van der Waals surface area (Å²) in [6.45, 7) is 7.99. The van der Waals surface area contributed by atoms with Gasteiger partial charge in [-0.1, -0.05) is 42.5 Å². The molecule has 1 atom stereocenters.